The fourth-order valence-corrected chi connectivity index (χ4v) is 5.05. The SMILES string of the molecule is c1ccc2c(c1)oc1c(-c3c4ccccc4c(-c4ccncc4)c4ccccc34)ccnc12. The lowest BCUT2D eigenvalue weighted by molar-refractivity contribution is 0.669. The van der Waals surface area contributed by atoms with Gasteiger partial charge < -0.3 is 4.42 Å². The topological polar surface area (TPSA) is 38.9 Å². The van der Waals surface area contributed by atoms with Gasteiger partial charge in [-0.05, 0) is 63.0 Å². The minimum absolute atomic E-state index is 0.825. The van der Waals surface area contributed by atoms with Gasteiger partial charge in [0.2, 0.25) is 0 Å². The second kappa shape index (κ2) is 7.01. The molecule has 0 saturated heterocycles. The van der Waals surface area contributed by atoms with Gasteiger partial charge in [-0.2, -0.15) is 0 Å². The Morgan fingerprint density at radius 1 is 0.515 bits per heavy atom. The van der Waals surface area contributed by atoms with E-state index in [-0.39, 0.29) is 0 Å². The van der Waals surface area contributed by atoms with Crippen molar-refractivity contribution in [1.29, 1.82) is 0 Å². The van der Waals surface area contributed by atoms with Crippen molar-refractivity contribution in [2.24, 2.45) is 0 Å². The van der Waals surface area contributed by atoms with Gasteiger partial charge in [-0.1, -0.05) is 60.7 Å². The van der Waals surface area contributed by atoms with E-state index in [0.29, 0.717) is 0 Å². The zero-order valence-electron chi connectivity index (χ0n) is 17.7. The van der Waals surface area contributed by atoms with E-state index in [2.05, 4.69) is 82.8 Å². The van der Waals surface area contributed by atoms with Crippen LogP contribution < -0.4 is 0 Å². The van der Waals surface area contributed by atoms with Gasteiger partial charge in [0.05, 0.1) is 0 Å². The molecule has 3 aromatic heterocycles. The van der Waals surface area contributed by atoms with E-state index in [1.54, 1.807) is 0 Å². The third-order valence-electron chi connectivity index (χ3n) is 6.43. The van der Waals surface area contributed by atoms with Crippen molar-refractivity contribution < 1.29 is 4.42 Å². The molecule has 0 aliphatic heterocycles. The van der Waals surface area contributed by atoms with Crippen LogP contribution in [0.3, 0.4) is 0 Å². The van der Waals surface area contributed by atoms with Crippen molar-refractivity contribution in [2.75, 3.05) is 0 Å². The molecule has 0 spiro atoms. The first-order valence-electron chi connectivity index (χ1n) is 11.0. The van der Waals surface area contributed by atoms with E-state index in [0.717, 1.165) is 33.2 Å². The normalized spacial score (nSPS) is 11.6. The molecular formula is C30H18N2O. The molecule has 7 aromatic rings. The molecule has 0 amide bonds. The highest BCUT2D eigenvalue weighted by Gasteiger charge is 2.20. The summed E-state index contributed by atoms with van der Waals surface area (Å²) in [4.78, 5) is 8.91. The van der Waals surface area contributed by atoms with Crippen LogP contribution in [0.1, 0.15) is 0 Å². The molecule has 0 fully saturated rings. The third-order valence-corrected chi connectivity index (χ3v) is 6.43. The number of rotatable bonds is 2. The number of aromatic nitrogens is 2. The summed E-state index contributed by atoms with van der Waals surface area (Å²) >= 11 is 0. The summed E-state index contributed by atoms with van der Waals surface area (Å²) < 4.78 is 6.38. The maximum absolute atomic E-state index is 6.38. The van der Waals surface area contributed by atoms with Crippen LogP contribution in [0, 0.1) is 0 Å². The van der Waals surface area contributed by atoms with Crippen LogP contribution in [-0.2, 0) is 0 Å². The fraction of sp³-hybridized carbons (Fsp3) is 0. The van der Waals surface area contributed by atoms with Crippen molar-refractivity contribution in [1.82, 2.24) is 9.97 Å². The summed E-state index contributed by atoms with van der Waals surface area (Å²) in [5.74, 6) is 0. The van der Waals surface area contributed by atoms with E-state index in [9.17, 15) is 0 Å². The van der Waals surface area contributed by atoms with Crippen LogP contribution in [0.2, 0.25) is 0 Å². The quantitative estimate of drug-likeness (QED) is 0.265. The molecule has 0 radical (unpaired) electrons. The van der Waals surface area contributed by atoms with Crippen molar-refractivity contribution in [3.63, 3.8) is 0 Å². The van der Waals surface area contributed by atoms with Crippen LogP contribution in [0.25, 0.3) is 65.9 Å². The Kier molecular flexibility index (Phi) is 3.84. The summed E-state index contributed by atoms with van der Waals surface area (Å²) in [7, 11) is 0. The van der Waals surface area contributed by atoms with Crippen molar-refractivity contribution in [2.45, 2.75) is 0 Å². The number of hydrogen-bond donors (Lipinski definition) is 0. The average Bonchev–Trinajstić information content (AvgIpc) is 3.27. The third kappa shape index (κ3) is 2.63. The van der Waals surface area contributed by atoms with E-state index in [4.69, 9.17) is 4.42 Å². The summed E-state index contributed by atoms with van der Waals surface area (Å²) in [5, 5.41) is 5.83. The molecule has 0 saturated carbocycles. The molecule has 7 rings (SSSR count). The highest BCUT2D eigenvalue weighted by Crippen LogP contribution is 2.45. The van der Waals surface area contributed by atoms with E-state index >= 15 is 0 Å². The highest BCUT2D eigenvalue weighted by molar-refractivity contribution is 6.23. The molecule has 154 valence electrons. The number of pyridine rings is 2. The van der Waals surface area contributed by atoms with E-state index in [1.165, 1.54) is 32.7 Å². The van der Waals surface area contributed by atoms with E-state index in [1.807, 2.05) is 36.8 Å². The minimum atomic E-state index is 0.825. The second-order valence-corrected chi connectivity index (χ2v) is 8.21. The summed E-state index contributed by atoms with van der Waals surface area (Å²) in [5.41, 5.74) is 7.19. The van der Waals surface area contributed by atoms with Crippen LogP contribution in [-0.4, -0.2) is 9.97 Å². The maximum Gasteiger partial charge on any atom is 0.161 e. The lowest BCUT2D eigenvalue weighted by Crippen LogP contribution is -1.91. The molecule has 0 aliphatic carbocycles. The molecule has 3 heteroatoms. The van der Waals surface area contributed by atoms with Gasteiger partial charge in [0.25, 0.3) is 0 Å². The highest BCUT2D eigenvalue weighted by atomic mass is 16.3. The average molecular weight is 422 g/mol. The van der Waals surface area contributed by atoms with Crippen LogP contribution in [0.15, 0.2) is 114 Å². The van der Waals surface area contributed by atoms with Crippen molar-refractivity contribution >= 4 is 43.6 Å². The number of para-hydroxylation sites is 1. The standard InChI is InChI=1S/C30H18N2O/c1-3-9-22-20(7-1)27(19-13-16-31-17-14-19)21-8-2-4-10-23(21)28(22)25-15-18-32-29-24-11-5-6-12-26(24)33-30(25)29/h1-18H. The minimum Gasteiger partial charge on any atom is -0.454 e. The number of hydrogen-bond acceptors (Lipinski definition) is 3. The van der Waals surface area contributed by atoms with Crippen LogP contribution in [0.5, 0.6) is 0 Å². The Hall–Kier alpha value is -4.50. The molecule has 0 atom stereocenters. The number of furan rings is 1. The fourth-order valence-electron chi connectivity index (χ4n) is 5.05. The van der Waals surface area contributed by atoms with Crippen molar-refractivity contribution in [3.05, 3.63) is 110 Å². The Morgan fingerprint density at radius 3 is 1.76 bits per heavy atom. The smallest absolute Gasteiger partial charge is 0.161 e. The van der Waals surface area contributed by atoms with Gasteiger partial charge in [-0.15, -0.1) is 0 Å². The summed E-state index contributed by atoms with van der Waals surface area (Å²) in [6.45, 7) is 0. The molecule has 3 nitrogen and oxygen atoms in total. The monoisotopic (exact) mass is 422 g/mol. The number of fused-ring (bicyclic) bond motifs is 5. The summed E-state index contributed by atoms with van der Waals surface area (Å²) in [6, 6.07) is 31.6. The van der Waals surface area contributed by atoms with E-state index < -0.39 is 0 Å². The predicted molar refractivity (Wildman–Crippen MR) is 135 cm³/mol. The first-order chi connectivity index (χ1) is 16.4. The molecule has 4 aromatic carbocycles. The van der Waals surface area contributed by atoms with Gasteiger partial charge in [0.1, 0.15) is 11.1 Å². The second-order valence-electron chi connectivity index (χ2n) is 8.21. The van der Waals surface area contributed by atoms with Gasteiger partial charge in [-0.3, -0.25) is 9.97 Å². The Bertz CT molecular complexity index is 1760. The molecule has 3 heterocycles. The predicted octanol–water partition coefficient (Wildman–Crippen LogP) is 8.02. The van der Waals surface area contributed by atoms with Gasteiger partial charge in [0.15, 0.2) is 5.58 Å². The maximum atomic E-state index is 6.38. The molecule has 0 unspecified atom stereocenters. The first-order valence-corrected chi connectivity index (χ1v) is 11.0. The first kappa shape index (κ1) is 18.1. The lowest BCUT2D eigenvalue weighted by atomic mass is 9.86. The molecular weight excluding hydrogens is 404 g/mol. The number of benzene rings is 4. The lowest BCUT2D eigenvalue weighted by Gasteiger charge is -2.17. The molecule has 33 heavy (non-hydrogen) atoms. The van der Waals surface area contributed by atoms with Crippen LogP contribution in [0.4, 0.5) is 0 Å². The largest absolute Gasteiger partial charge is 0.454 e. The molecule has 0 N–H and O–H groups in total. The Labute approximate surface area is 190 Å². The molecule has 0 bridgehead atoms. The molecule has 0 aliphatic rings. The van der Waals surface area contributed by atoms with Gasteiger partial charge in [0, 0.05) is 35.1 Å². The Balaban J connectivity index is 1.69. The Morgan fingerprint density at radius 2 is 1.09 bits per heavy atom. The van der Waals surface area contributed by atoms with Gasteiger partial charge >= 0.3 is 0 Å². The van der Waals surface area contributed by atoms with Crippen molar-refractivity contribution in [3.8, 4) is 22.3 Å². The zero-order chi connectivity index (χ0) is 21.8. The van der Waals surface area contributed by atoms with Crippen LogP contribution >= 0.6 is 0 Å². The zero-order valence-corrected chi connectivity index (χ0v) is 17.7. The summed E-state index contributed by atoms with van der Waals surface area (Å²) in [6.07, 6.45) is 5.60. The number of nitrogens with zero attached hydrogens (tertiary/aromatic N) is 2. The van der Waals surface area contributed by atoms with Gasteiger partial charge in [-0.25, -0.2) is 0 Å².